The first kappa shape index (κ1) is 16.3. The van der Waals surface area contributed by atoms with Crippen LogP contribution in [0.1, 0.15) is 27.7 Å². The van der Waals surface area contributed by atoms with Gasteiger partial charge in [0.15, 0.2) is 0 Å². The van der Waals surface area contributed by atoms with Gasteiger partial charge in [-0.1, -0.05) is 12.1 Å². The van der Waals surface area contributed by atoms with E-state index in [4.69, 9.17) is 9.47 Å². The monoisotopic (exact) mass is 280 g/mol. The van der Waals surface area contributed by atoms with Crippen molar-refractivity contribution in [2.24, 2.45) is 0 Å². The number of hydrogen-bond acceptors (Lipinski definition) is 4. The second-order valence-electron chi connectivity index (χ2n) is 5.67. The van der Waals surface area contributed by atoms with Crippen LogP contribution in [-0.2, 0) is 9.47 Å². The molecule has 112 valence electrons. The molecule has 0 spiro atoms. The molecule has 0 bridgehead atoms. The highest BCUT2D eigenvalue weighted by Gasteiger charge is 2.17. The summed E-state index contributed by atoms with van der Waals surface area (Å²) in [5.74, 6) is 0. The predicted molar refractivity (Wildman–Crippen MR) is 81.3 cm³/mol. The SMILES string of the molecule is COCC(C)Nc1ccccc1NC(=O)OC(C)(C)C. The molecule has 5 heteroatoms. The van der Waals surface area contributed by atoms with Crippen molar-refractivity contribution in [1.29, 1.82) is 0 Å². The lowest BCUT2D eigenvalue weighted by Crippen LogP contribution is -2.28. The van der Waals surface area contributed by atoms with E-state index in [-0.39, 0.29) is 6.04 Å². The number of hydrogen-bond donors (Lipinski definition) is 2. The number of nitrogens with one attached hydrogen (secondary N) is 2. The fraction of sp³-hybridized carbons (Fsp3) is 0.533. The Bertz CT molecular complexity index is 441. The smallest absolute Gasteiger partial charge is 0.412 e. The Hall–Kier alpha value is -1.75. The van der Waals surface area contributed by atoms with Crippen molar-refractivity contribution in [2.75, 3.05) is 24.4 Å². The van der Waals surface area contributed by atoms with Gasteiger partial charge in [-0.3, -0.25) is 5.32 Å². The van der Waals surface area contributed by atoms with E-state index in [9.17, 15) is 4.79 Å². The molecule has 5 nitrogen and oxygen atoms in total. The Morgan fingerprint density at radius 2 is 1.85 bits per heavy atom. The molecule has 20 heavy (non-hydrogen) atoms. The van der Waals surface area contributed by atoms with Gasteiger partial charge in [-0.2, -0.15) is 0 Å². The fourth-order valence-corrected chi connectivity index (χ4v) is 1.69. The Kier molecular flexibility index (Phi) is 5.82. The Morgan fingerprint density at radius 1 is 1.25 bits per heavy atom. The van der Waals surface area contributed by atoms with Gasteiger partial charge in [0.2, 0.25) is 0 Å². The molecule has 0 aromatic heterocycles. The second kappa shape index (κ2) is 7.14. The van der Waals surface area contributed by atoms with E-state index in [1.54, 1.807) is 7.11 Å². The van der Waals surface area contributed by atoms with E-state index >= 15 is 0 Å². The minimum Gasteiger partial charge on any atom is -0.444 e. The van der Waals surface area contributed by atoms with Crippen LogP contribution in [0.3, 0.4) is 0 Å². The van der Waals surface area contributed by atoms with Gasteiger partial charge in [0.05, 0.1) is 18.0 Å². The Labute approximate surface area is 120 Å². The number of rotatable bonds is 5. The standard InChI is InChI=1S/C15H24N2O3/c1-11(10-19-5)16-12-8-6-7-9-13(12)17-14(18)20-15(2,3)4/h6-9,11,16H,10H2,1-5H3,(H,17,18). The molecule has 2 N–H and O–H groups in total. The molecule has 0 fully saturated rings. The minimum atomic E-state index is -0.518. The zero-order valence-corrected chi connectivity index (χ0v) is 12.8. The maximum atomic E-state index is 11.8. The van der Waals surface area contributed by atoms with Crippen LogP contribution in [0.4, 0.5) is 16.2 Å². The molecule has 0 radical (unpaired) electrons. The molecule has 1 unspecified atom stereocenters. The Morgan fingerprint density at radius 3 is 2.40 bits per heavy atom. The maximum Gasteiger partial charge on any atom is 0.412 e. The molecule has 0 aliphatic rings. The molecular formula is C15H24N2O3. The van der Waals surface area contributed by atoms with Crippen LogP contribution in [0.5, 0.6) is 0 Å². The first-order valence-corrected chi connectivity index (χ1v) is 6.66. The van der Waals surface area contributed by atoms with Crippen LogP contribution >= 0.6 is 0 Å². The largest absolute Gasteiger partial charge is 0.444 e. The highest BCUT2D eigenvalue weighted by molar-refractivity contribution is 5.89. The van der Waals surface area contributed by atoms with Gasteiger partial charge in [0, 0.05) is 13.2 Å². The summed E-state index contributed by atoms with van der Waals surface area (Å²) >= 11 is 0. The molecule has 1 aromatic rings. The summed E-state index contributed by atoms with van der Waals surface area (Å²) in [6, 6.07) is 7.63. The summed E-state index contributed by atoms with van der Waals surface area (Å²) in [7, 11) is 1.66. The molecule has 1 atom stereocenters. The third kappa shape index (κ3) is 5.93. The Balaban J connectivity index is 2.72. The number of ether oxygens (including phenoxy) is 2. The van der Waals surface area contributed by atoms with Crippen molar-refractivity contribution in [2.45, 2.75) is 39.3 Å². The molecule has 0 saturated heterocycles. The highest BCUT2D eigenvalue weighted by Crippen LogP contribution is 2.22. The number of carbonyl (C=O) groups is 1. The molecule has 0 aliphatic carbocycles. The fourth-order valence-electron chi connectivity index (χ4n) is 1.69. The summed E-state index contributed by atoms with van der Waals surface area (Å²) in [4.78, 5) is 11.8. The normalized spacial score (nSPS) is 12.7. The van der Waals surface area contributed by atoms with Gasteiger partial charge < -0.3 is 14.8 Å². The summed E-state index contributed by atoms with van der Waals surface area (Å²) < 4.78 is 10.3. The third-order valence-corrected chi connectivity index (χ3v) is 2.38. The van der Waals surface area contributed by atoms with Crippen molar-refractivity contribution < 1.29 is 14.3 Å². The first-order chi connectivity index (χ1) is 9.31. The van der Waals surface area contributed by atoms with E-state index in [1.165, 1.54) is 0 Å². The van der Waals surface area contributed by atoms with Gasteiger partial charge in [-0.15, -0.1) is 0 Å². The number of amides is 1. The number of para-hydroxylation sites is 2. The van der Waals surface area contributed by atoms with Crippen molar-refractivity contribution >= 4 is 17.5 Å². The van der Waals surface area contributed by atoms with E-state index in [0.29, 0.717) is 12.3 Å². The van der Waals surface area contributed by atoms with E-state index < -0.39 is 11.7 Å². The van der Waals surface area contributed by atoms with Crippen molar-refractivity contribution in [3.05, 3.63) is 24.3 Å². The second-order valence-corrected chi connectivity index (χ2v) is 5.67. The summed E-state index contributed by atoms with van der Waals surface area (Å²) in [5.41, 5.74) is 1.00. The molecule has 1 amide bonds. The molecule has 0 saturated carbocycles. The first-order valence-electron chi connectivity index (χ1n) is 6.66. The molecular weight excluding hydrogens is 256 g/mol. The van der Waals surface area contributed by atoms with Gasteiger partial charge in [0.1, 0.15) is 5.60 Å². The summed E-state index contributed by atoms with van der Waals surface area (Å²) in [6.45, 7) is 8.08. The van der Waals surface area contributed by atoms with Gasteiger partial charge in [-0.05, 0) is 39.8 Å². The van der Waals surface area contributed by atoms with Gasteiger partial charge in [-0.25, -0.2) is 4.79 Å². The van der Waals surface area contributed by atoms with Crippen LogP contribution in [0.25, 0.3) is 0 Å². The van der Waals surface area contributed by atoms with Crippen molar-refractivity contribution in [1.82, 2.24) is 0 Å². The molecule has 0 aliphatic heterocycles. The molecule has 1 rings (SSSR count). The van der Waals surface area contributed by atoms with E-state index in [1.807, 2.05) is 52.0 Å². The summed E-state index contributed by atoms with van der Waals surface area (Å²) in [5, 5.41) is 6.03. The third-order valence-electron chi connectivity index (χ3n) is 2.38. The average molecular weight is 280 g/mol. The number of anilines is 2. The van der Waals surface area contributed by atoms with Crippen LogP contribution in [0, 0.1) is 0 Å². The molecule has 0 heterocycles. The quantitative estimate of drug-likeness (QED) is 0.867. The number of carbonyl (C=O) groups excluding carboxylic acids is 1. The predicted octanol–water partition coefficient (Wildman–Crippen LogP) is 3.48. The van der Waals surface area contributed by atoms with Crippen molar-refractivity contribution in [3.63, 3.8) is 0 Å². The van der Waals surface area contributed by atoms with Crippen molar-refractivity contribution in [3.8, 4) is 0 Å². The molecule has 1 aromatic carbocycles. The van der Waals surface area contributed by atoms with Gasteiger partial charge >= 0.3 is 6.09 Å². The lowest BCUT2D eigenvalue weighted by atomic mass is 10.2. The van der Waals surface area contributed by atoms with Crippen LogP contribution < -0.4 is 10.6 Å². The van der Waals surface area contributed by atoms with Crippen LogP contribution in [-0.4, -0.2) is 31.5 Å². The van der Waals surface area contributed by atoms with Crippen LogP contribution in [0.15, 0.2) is 24.3 Å². The number of methoxy groups -OCH3 is 1. The van der Waals surface area contributed by atoms with Crippen LogP contribution in [0.2, 0.25) is 0 Å². The minimum absolute atomic E-state index is 0.140. The lowest BCUT2D eigenvalue weighted by Gasteiger charge is -2.21. The number of benzene rings is 1. The summed E-state index contributed by atoms with van der Waals surface area (Å²) in [6.07, 6.45) is -0.467. The van der Waals surface area contributed by atoms with Gasteiger partial charge in [0.25, 0.3) is 0 Å². The lowest BCUT2D eigenvalue weighted by molar-refractivity contribution is 0.0636. The average Bonchev–Trinajstić information content (AvgIpc) is 2.29. The van der Waals surface area contributed by atoms with E-state index in [0.717, 1.165) is 5.69 Å². The highest BCUT2D eigenvalue weighted by atomic mass is 16.6. The zero-order valence-electron chi connectivity index (χ0n) is 12.8. The van der Waals surface area contributed by atoms with E-state index in [2.05, 4.69) is 10.6 Å². The maximum absolute atomic E-state index is 11.8. The topological polar surface area (TPSA) is 59.6 Å². The zero-order chi connectivity index (χ0) is 15.2.